The van der Waals surface area contributed by atoms with Gasteiger partial charge in [0.15, 0.2) is 0 Å². The minimum absolute atomic E-state index is 0.330. The van der Waals surface area contributed by atoms with Crippen molar-refractivity contribution in [2.45, 2.75) is 18.9 Å². The molecule has 0 radical (unpaired) electrons. The highest BCUT2D eigenvalue weighted by molar-refractivity contribution is 6.27. The standard InChI is InChI=1S/C22H15NO4/c24-20-15-10-8-12-6-7-13-9-11-16(18(15)17(12)13)21(25)23(20)19(22(26)27)14-4-2-1-3-5-14/h1-5,8-11,19H,6-7H2,(H,26,27)/p-1/t19-/m1/s1. The summed E-state index contributed by atoms with van der Waals surface area (Å²) in [4.78, 5) is 39.1. The predicted octanol–water partition coefficient (Wildman–Crippen LogP) is 2.03. The summed E-state index contributed by atoms with van der Waals surface area (Å²) in [6.45, 7) is 0. The number of rotatable bonds is 3. The summed E-state index contributed by atoms with van der Waals surface area (Å²) in [6.07, 6.45) is 1.76. The fourth-order valence-electron chi connectivity index (χ4n) is 4.30. The highest BCUT2D eigenvalue weighted by Gasteiger charge is 2.39. The summed E-state index contributed by atoms with van der Waals surface area (Å²) in [5.41, 5.74) is 3.32. The van der Waals surface area contributed by atoms with Crippen molar-refractivity contribution in [2.24, 2.45) is 0 Å². The van der Waals surface area contributed by atoms with E-state index in [0.29, 0.717) is 22.1 Å². The van der Waals surface area contributed by atoms with Crippen LogP contribution in [-0.2, 0) is 17.6 Å². The Morgan fingerprint density at radius 3 is 1.89 bits per heavy atom. The third-order valence-electron chi connectivity index (χ3n) is 5.49. The number of amides is 2. The first-order valence-corrected chi connectivity index (χ1v) is 8.79. The van der Waals surface area contributed by atoms with Crippen molar-refractivity contribution in [3.8, 4) is 0 Å². The van der Waals surface area contributed by atoms with Gasteiger partial charge in [-0.3, -0.25) is 14.5 Å². The fraction of sp³-hybridized carbons (Fsp3) is 0.136. The van der Waals surface area contributed by atoms with Crippen LogP contribution < -0.4 is 5.11 Å². The Morgan fingerprint density at radius 1 is 0.815 bits per heavy atom. The molecule has 2 aliphatic rings. The molecule has 0 N–H and O–H groups in total. The Labute approximate surface area is 154 Å². The fourth-order valence-corrected chi connectivity index (χ4v) is 4.30. The van der Waals surface area contributed by atoms with Gasteiger partial charge in [-0.15, -0.1) is 0 Å². The van der Waals surface area contributed by atoms with Gasteiger partial charge in [0.2, 0.25) is 0 Å². The van der Waals surface area contributed by atoms with E-state index in [4.69, 9.17) is 0 Å². The lowest BCUT2D eigenvalue weighted by Crippen LogP contribution is -2.49. The molecular weight excluding hydrogens is 342 g/mol. The van der Waals surface area contributed by atoms with Crippen molar-refractivity contribution in [1.29, 1.82) is 0 Å². The van der Waals surface area contributed by atoms with Crippen LogP contribution in [0.1, 0.15) is 43.4 Å². The Balaban J connectivity index is 1.75. The first-order valence-electron chi connectivity index (χ1n) is 8.79. The SMILES string of the molecule is O=C([O-])[C@@H](c1ccccc1)N1C(=O)c2ccc3c4c(ccc(c24)C1=O)CC3. The zero-order chi connectivity index (χ0) is 18.7. The molecule has 0 saturated heterocycles. The van der Waals surface area contributed by atoms with Gasteiger partial charge >= 0.3 is 0 Å². The summed E-state index contributed by atoms with van der Waals surface area (Å²) >= 11 is 0. The van der Waals surface area contributed by atoms with Gasteiger partial charge in [-0.05, 0) is 47.1 Å². The van der Waals surface area contributed by atoms with E-state index in [9.17, 15) is 19.5 Å². The number of benzene rings is 3. The van der Waals surface area contributed by atoms with E-state index < -0.39 is 23.8 Å². The van der Waals surface area contributed by atoms with Crippen molar-refractivity contribution in [3.05, 3.63) is 82.4 Å². The summed E-state index contributed by atoms with van der Waals surface area (Å²) in [5.74, 6) is -2.68. The van der Waals surface area contributed by atoms with Gasteiger partial charge < -0.3 is 9.90 Å². The molecule has 3 aromatic rings. The van der Waals surface area contributed by atoms with E-state index in [0.717, 1.165) is 34.3 Å². The molecule has 5 heteroatoms. The van der Waals surface area contributed by atoms with Crippen LogP contribution in [0.15, 0.2) is 54.6 Å². The molecule has 132 valence electrons. The second-order valence-electron chi connectivity index (χ2n) is 6.91. The minimum atomic E-state index is -1.49. The molecule has 1 heterocycles. The van der Waals surface area contributed by atoms with E-state index in [1.807, 2.05) is 12.1 Å². The molecule has 0 bridgehead atoms. The minimum Gasteiger partial charge on any atom is -0.547 e. The number of hydrogen-bond acceptors (Lipinski definition) is 4. The number of carboxylic acids is 1. The quantitative estimate of drug-likeness (QED) is 0.673. The molecule has 5 nitrogen and oxygen atoms in total. The molecule has 0 spiro atoms. The molecule has 0 unspecified atom stereocenters. The second-order valence-corrected chi connectivity index (χ2v) is 6.91. The summed E-state index contributed by atoms with van der Waals surface area (Å²) in [5, 5.41) is 13.5. The van der Waals surface area contributed by atoms with Crippen molar-refractivity contribution in [3.63, 3.8) is 0 Å². The van der Waals surface area contributed by atoms with Crippen molar-refractivity contribution in [2.75, 3.05) is 0 Å². The molecule has 27 heavy (non-hydrogen) atoms. The highest BCUT2D eigenvalue weighted by Crippen LogP contribution is 2.40. The van der Waals surface area contributed by atoms with E-state index in [1.54, 1.807) is 42.5 Å². The van der Waals surface area contributed by atoms with Gasteiger partial charge in [0, 0.05) is 16.5 Å². The summed E-state index contributed by atoms with van der Waals surface area (Å²) in [7, 11) is 0. The van der Waals surface area contributed by atoms with Crippen molar-refractivity contribution in [1.82, 2.24) is 4.90 Å². The van der Waals surface area contributed by atoms with E-state index in [2.05, 4.69) is 0 Å². The second kappa shape index (κ2) is 5.51. The van der Waals surface area contributed by atoms with Crippen LogP contribution in [0.3, 0.4) is 0 Å². The van der Waals surface area contributed by atoms with Crippen LogP contribution in [-0.4, -0.2) is 22.7 Å². The maximum atomic E-state index is 13.2. The first kappa shape index (κ1) is 15.8. The average molecular weight is 356 g/mol. The third kappa shape index (κ3) is 2.08. The third-order valence-corrected chi connectivity index (χ3v) is 5.49. The molecule has 3 aromatic carbocycles. The van der Waals surface area contributed by atoms with Crippen LogP contribution in [0, 0.1) is 0 Å². The number of imide groups is 1. The normalized spacial score (nSPS) is 16.1. The maximum absolute atomic E-state index is 13.2. The highest BCUT2D eigenvalue weighted by atomic mass is 16.4. The molecule has 0 fully saturated rings. The van der Waals surface area contributed by atoms with Crippen molar-refractivity contribution < 1.29 is 19.5 Å². The van der Waals surface area contributed by atoms with Gasteiger partial charge in [0.1, 0.15) is 6.04 Å². The Morgan fingerprint density at radius 2 is 1.37 bits per heavy atom. The Kier molecular flexibility index (Phi) is 3.22. The molecular formula is C22H14NO4-. The number of nitrogens with zero attached hydrogens (tertiary/aromatic N) is 1. The van der Waals surface area contributed by atoms with Gasteiger partial charge in [-0.25, -0.2) is 0 Å². The molecule has 2 amide bonds. The molecule has 0 saturated carbocycles. The van der Waals surface area contributed by atoms with E-state index in [1.165, 1.54) is 0 Å². The first-order chi connectivity index (χ1) is 13.1. The lowest BCUT2D eigenvalue weighted by molar-refractivity contribution is -0.310. The zero-order valence-electron chi connectivity index (χ0n) is 14.3. The molecule has 1 aliphatic carbocycles. The number of aryl methyl sites for hydroxylation is 2. The van der Waals surface area contributed by atoms with Crippen LogP contribution in [0.2, 0.25) is 0 Å². The van der Waals surface area contributed by atoms with E-state index in [-0.39, 0.29) is 0 Å². The van der Waals surface area contributed by atoms with Crippen LogP contribution in [0.4, 0.5) is 0 Å². The summed E-state index contributed by atoms with van der Waals surface area (Å²) in [6, 6.07) is 14.0. The van der Waals surface area contributed by atoms with Crippen molar-refractivity contribution >= 4 is 28.6 Å². The van der Waals surface area contributed by atoms with Crippen LogP contribution >= 0.6 is 0 Å². The predicted molar refractivity (Wildman–Crippen MR) is 96.0 cm³/mol. The molecule has 1 atom stereocenters. The number of carbonyl (C=O) groups is 3. The average Bonchev–Trinajstić information content (AvgIpc) is 3.10. The Bertz CT molecular complexity index is 1090. The van der Waals surface area contributed by atoms with Crippen LogP contribution in [0.5, 0.6) is 0 Å². The molecule has 5 rings (SSSR count). The monoisotopic (exact) mass is 356 g/mol. The lowest BCUT2D eigenvalue weighted by atomic mass is 9.89. The number of carbonyl (C=O) groups excluding carboxylic acids is 3. The molecule has 1 aliphatic heterocycles. The topological polar surface area (TPSA) is 77.5 Å². The Hall–Kier alpha value is -3.47. The van der Waals surface area contributed by atoms with Gasteiger partial charge in [0.25, 0.3) is 11.8 Å². The van der Waals surface area contributed by atoms with Gasteiger partial charge in [0.05, 0.1) is 5.97 Å². The number of carboxylic acid groups (broad SMARTS) is 1. The molecule has 0 aromatic heterocycles. The number of hydrogen-bond donors (Lipinski definition) is 0. The van der Waals surface area contributed by atoms with Gasteiger partial charge in [-0.1, -0.05) is 42.5 Å². The maximum Gasteiger partial charge on any atom is 0.262 e. The number of aliphatic carboxylic acids is 1. The smallest absolute Gasteiger partial charge is 0.262 e. The van der Waals surface area contributed by atoms with E-state index >= 15 is 0 Å². The van der Waals surface area contributed by atoms with Gasteiger partial charge in [-0.2, -0.15) is 0 Å². The lowest BCUT2D eigenvalue weighted by Gasteiger charge is -2.34. The van der Waals surface area contributed by atoms with Crippen LogP contribution in [0.25, 0.3) is 10.8 Å². The largest absolute Gasteiger partial charge is 0.547 e. The zero-order valence-corrected chi connectivity index (χ0v) is 14.3. The summed E-state index contributed by atoms with van der Waals surface area (Å²) < 4.78 is 0.